The lowest BCUT2D eigenvalue weighted by Crippen LogP contribution is -2.32. The Morgan fingerprint density at radius 3 is 2.76 bits per heavy atom. The van der Waals surface area contributed by atoms with Crippen LogP contribution in [0.3, 0.4) is 0 Å². The van der Waals surface area contributed by atoms with Crippen LogP contribution in [-0.2, 0) is 4.74 Å². The number of pyridine rings is 1. The number of nitrogens with zero attached hydrogens (tertiary/aromatic N) is 1. The van der Waals surface area contributed by atoms with E-state index in [9.17, 15) is 4.79 Å². The van der Waals surface area contributed by atoms with Crippen molar-refractivity contribution in [1.82, 2.24) is 10.3 Å². The summed E-state index contributed by atoms with van der Waals surface area (Å²) in [6, 6.07) is 2.91. The SMILES string of the molecule is COC(C)(C)CCNC(=O)c1ccc(O)cn1. The molecule has 0 atom stereocenters. The van der Waals surface area contributed by atoms with Crippen molar-refractivity contribution in [3.63, 3.8) is 0 Å². The molecular weight excluding hydrogens is 220 g/mol. The largest absolute Gasteiger partial charge is 0.506 e. The fourth-order valence-electron chi connectivity index (χ4n) is 1.19. The van der Waals surface area contributed by atoms with Crippen LogP contribution in [0, 0.1) is 0 Å². The number of aromatic nitrogens is 1. The molecule has 1 rings (SSSR count). The van der Waals surface area contributed by atoms with Crippen molar-refractivity contribution >= 4 is 5.91 Å². The molecule has 0 bridgehead atoms. The molecule has 5 heteroatoms. The number of carbonyl (C=O) groups is 1. The van der Waals surface area contributed by atoms with Crippen LogP contribution >= 0.6 is 0 Å². The minimum atomic E-state index is -0.254. The molecule has 0 aliphatic carbocycles. The molecule has 1 aromatic heterocycles. The number of amides is 1. The standard InChI is InChI=1S/C12H18N2O3/c1-12(2,17-3)6-7-13-11(16)10-5-4-9(15)8-14-10/h4-5,8,15H,6-7H2,1-3H3,(H,13,16). The topological polar surface area (TPSA) is 71.5 Å². The summed E-state index contributed by atoms with van der Waals surface area (Å²) < 4.78 is 5.24. The number of rotatable bonds is 5. The van der Waals surface area contributed by atoms with E-state index in [4.69, 9.17) is 9.84 Å². The molecule has 5 nitrogen and oxygen atoms in total. The van der Waals surface area contributed by atoms with Gasteiger partial charge < -0.3 is 15.2 Å². The van der Waals surface area contributed by atoms with Gasteiger partial charge in [-0.2, -0.15) is 0 Å². The Balaban J connectivity index is 2.43. The number of ether oxygens (including phenoxy) is 1. The van der Waals surface area contributed by atoms with Crippen LogP contribution in [0.4, 0.5) is 0 Å². The second-order valence-electron chi connectivity index (χ2n) is 4.37. The Hall–Kier alpha value is -1.62. The summed E-state index contributed by atoms with van der Waals surface area (Å²) in [5.41, 5.74) is 0.0355. The van der Waals surface area contributed by atoms with Gasteiger partial charge in [0.1, 0.15) is 11.4 Å². The number of aromatic hydroxyl groups is 1. The van der Waals surface area contributed by atoms with Crippen molar-refractivity contribution in [2.75, 3.05) is 13.7 Å². The minimum absolute atomic E-state index is 0.0436. The Labute approximate surface area is 101 Å². The Kier molecular flexibility index (Phi) is 4.45. The van der Waals surface area contributed by atoms with Gasteiger partial charge in [-0.25, -0.2) is 4.98 Å². The average Bonchev–Trinajstić information content (AvgIpc) is 2.29. The van der Waals surface area contributed by atoms with Crippen LogP contribution in [0.2, 0.25) is 0 Å². The van der Waals surface area contributed by atoms with E-state index in [1.165, 1.54) is 18.3 Å². The van der Waals surface area contributed by atoms with Gasteiger partial charge in [-0.1, -0.05) is 0 Å². The summed E-state index contributed by atoms with van der Waals surface area (Å²) in [6.45, 7) is 4.43. The van der Waals surface area contributed by atoms with Gasteiger partial charge in [0.05, 0.1) is 11.8 Å². The van der Waals surface area contributed by atoms with Gasteiger partial charge in [0.15, 0.2) is 0 Å². The van der Waals surface area contributed by atoms with Gasteiger partial charge in [-0.05, 0) is 32.4 Å². The molecule has 0 radical (unpaired) electrons. The highest BCUT2D eigenvalue weighted by Crippen LogP contribution is 2.11. The summed E-state index contributed by atoms with van der Waals surface area (Å²) in [5, 5.41) is 11.8. The van der Waals surface area contributed by atoms with Gasteiger partial charge in [0.25, 0.3) is 5.91 Å². The molecule has 0 saturated heterocycles. The summed E-state index contributed by atoms with van der Waals surface area (Å²) in [4.78, 5) is 15.5. The van der Waals surface area contributed by atoms with E-state index in [1.807, 2.05) is 13.8 Å². The molecule has 0 fully saturated rings. The first-order valence-electron chi connectivity index (χ1n) is 5.43. The predicted molar refractivity (Wildman–Crippen MR) is 63.9 cm³/mol. The van der Waals surface area contributed by atoms with Gasteiger partial charge in [0, 0.05) is 13.7 Å². The third-order valence-corrected chi connectivity index (χ3v) is 2.55. The average molecular weight is 238 g/mol. The monoisotopic (exact) mass is 238 g/mol. The Morgan fingerprint density at radius 2 is 2.24 bits per heavy atom. The molecular formula is C12H18N2O3. The predicted octanol–water partition coefficient (Wildman–Crippen LogP) is 1.33. The highest BCUT2D eigenvalue weighted by Gasteiger charge is 2.16. The first-order chi connectivity index (χ1) is 7.94. The lowest BCUT2D eigenvalue weighted by molar-refractivity contribution is 0.0160. The van der Waals surface area contributed by atoms with E-state index in [0.29, 0.717) is 13.0 Å². The van der Waals surface area contributed by atoms with Crippen molar-refractivity contribution in [3.8, 4) is 5.75 Å². The summed E-state index contributed by atoms with van der Waals surface area (Å²) >= 11 is 0. The van der Waals surface area contributed by atoms with E-state index in [2.05, 4.69) is 10.3 Å². The lowest BCUT2D eigenvalue weighted by Gasteiger charge is -2.22. The molecule has 17 heavy (non-hydrogen) atoms. The highest BCUT2D eigenvalue weighted by atomic mass is 16.5. The van der Waals surface area contributed by atoms with Gasteiger partial charge >= 0.3 is 0 Å². The van der Waals surface area contributed by atoms with Crippen LogP contribution in [0.5, 0.6) is 5.75 Å². The zero-order chi connectivity index (χ0) is 12.9. The first-order valence-corrected chi connectivity index (χ1v) is 5.43. The van der Waals surface area contributed by atoms with Gasteiger partial charge in [-0.15, -0.1) is 0 Å². The molecule has 2 N–H and O–H groups in total. The maximum Gasteiger partial charge on any atom is 0.269 e. The normalized spacial score (nSPS) is 11.2. The molecule has 0 spiro atoms. The van der Waals surface area contributed by atoms with E-state index in [0.717, 1.165) is 0 Å². The third kappa shape index (κ3) is 4.40. The van der Waals surface area contributed by atoms with Gasteiger partial charge in [0.2, 0.25) is 0 Å². The second-order valence-corrected chi connectivity index (χ2v) is 4.37. The van der Waals surface area contributed by atoms with E-state index in [1.54, 1.807) is 7.11 Å². The quantitative estimate of drug-likeness (QED) is 0.811. The first kappa shape index (κ1) is 13.4. The Bertz CT molecular complexity index is 374. The number of hydrogen-bond acceptors (Lipinski definition) is 4. The van der Waals surface area contributed by atoms with Crippen molar-refractivity contribution in [3.05, 3.63) is 24.0 Å². The fourth-order valence-corrected chi connectivity index (χ4v) is 1.19. The minimum Gasteiger partial charge on any atom is -0.506 e. The van der Waals surface area contributed by atoms with Crippen molar-refractivity contribution < 1.29 is 14.6 Å². The van der Waals surface area contributed by atoms with Crippen LogP contribution < -0.4 is 5.32 Å². The summed E-state index contributed by atoms with van der Waals surface area (Å²) in [5.74, 6) is -0.209. The molecule has 1 aromatic rings. The molecule has 0 saturated carbocycles. The molecule has 0 unspecified atom stereocenters. The van der Waals surface area contributed by atoms with E-state index in [-0.39, 0.29) is 23.0 Å². The van der Waals surface area contributed by atoms with Crippen LogP contribution in [-0.4, -0.2) is 35.3 Å². The molecule has 1 heterocycles. The third-order valence-electron chi connectivity index (χ3n) is 2.55. The van der Waals surface area contributed by atoms with Crippen molar-refractivity contribution in [2.45, 2.75) is 25.9 Å². The zero-order valence-electron chi connectivity index (χ0n) is 10.4. The van der Waals surface area contributed by atoms with Crippen molar-refractivity contribution in [1.29, 1.82) is 0 Å². The van der Waals surface area contributed by atoms with Crippen LogP contribution in [0.1, 0.15) is 30.8 Å². The summed E-state index contributed by atoms with van der Waals surface area (Å²) in [6.07, 6.45) is 1.96. The number of hydrogen-bond donors (Lipinski definition) is 2. The maximum atomic E-state index is 11.6. The van der Waals surface area contributed by atoms with Gasteiger partial charge in [-0.3, -0.25) is 4.79 Å². The van der Waals surface area contributed by atoms with E-state index < -0.39 is 0 Å². The Morgan fingerprint density at radius 1 is 1.53 bits per heavy atom. The number of methoxy groups -OCH3 is 1. The number of carbonyl (C=O) groups excluding carboxylic acids is 1. The lowest BCUT2D eigenvalue weighted by atomic mass is 10.1. The highest BCUT2D eigenvalue weighted by molar-refractivity contribution is 5.92. The fraction of sp³-hybridized carbons (Fsp3) is 0.500. The molecule has 0 aliphatic heterocycles. The molecule has 0 aliphatic rings. The molecule has 94 valence electrons. The number of nitrogens with one attached hydrogen (secondary N) is 1. The summed E-state index contributed by atoms with van der Waals surface area (Å²) in [7, 11) is 1.64. The zero-order valence-corrected chi connectivity index (χ0v) is 10.4. The second kappa shape index (κ2) is 5.63. The molecule has 0 aromatic carbocycles. The molecule has 1 amide bonds. The van der Waals surface area contributed by atoms with Crippen molar-refractivity contribution in [2.24, 2.45) is 0 Å². The van der Waals surface area contributed by atoms with Crippen LogP contribution in [0.15, 0.2) is 18.3 Å². The maximum absolute atomic E-state index is 11.6. The van der Waals surface area contributed by atoms with Crippen LogP contribution in [0.25, 0.3) is 0 Å². The van der Waals surface area contributed by atoms with E-state index >= 15 is 0 Å². The smallest absolute Gasteiger partial charge is 0.269 e.